The monoisotopic (exact) mass is 185 g/mol. The van der Waals surface area contributed by atoms with Crippen LogP contribution in [0.2, 0.25) is 0 Å². The summed E-state index contributed by atoms with van der Waals surface area (Å²) in [6.45, 7) is 7.80. The van der Waals surface area contributed by atoms with E-state index in [0.717, 1.165) is 18.4 Å². The lowest BCUT2D eigenvalue weighted by Crippen LogP contribution is -2.11. The van der Waals surface area contributed by atoms with Gasteiger partial charge in [0.2, 0.25) is 0 Å². The van der Waals surface area contributed by atoms with E-state index in [1.54, 1.807) is 0 Å². The zero-order valence-electron chi connectivity index (χ0n) is 9.68. The molecule has 0 aliphatic rings. The van der Waals surface area contributed by atoms with Crippen LogP contribution < -0.4 is 5.73 Å². The molecule has 1 heteroatoms. The van der Waals surface area contributed by atoms with E-state index in [0.29, 0.717) is 0 Å². The smallest absolute Gasteiger partial charge is 0.00746 e. The molecule has 0 bridgehead atoms. The quantitative estimate of drug-likeness (QED) is 0.614. The largest absolute Gasteiger partial charge is 0.330 e. The van der Waals surface area contributed by atoms with Gasteiger partial charge in [-0.1, -0.05) is 46.5 Å². The molecule has 0 aliphatic heterocycles. The molecule has 0 saturated heterocycles. The molecular weight excluding hydrogens is 158 g/mol. The van der Waals surface area contributed by atoms with Gasteiger partial charge in [-0.2, -0.15) is 0 Å². The molecule has 0 aromatic carbocycles. The first-order valence-electron chi connectivity index (χ1n) is 5.94. The summed E-state index contributed by atoms with van der Waals surface area (Å²) in [6.07, 6.45) is 8.02. The van der Waals surface area contributed by atoms with E-state index in [2.05, 4.69) is 20.8 Å². The van der Waals surface area contributed by atoms with Crippen molar-refractivity contribution in [3.05, 3.63) is 0 Å². The Morgan fingerprint density at radius 1 is 1.15 bits per heavy atom. The molecule has 0 aliphatic carbocycles. The highest BCUT2D eigenvalue weighted by Gasteiger charge is 2.10. The summed E-state index contributed by atoms with van der Waals surface area (Å²) in [5.41, 5.74) is 5.58. The van der Waals surface area contributed by atoms with Crippen molar-refractivity contribution in [3.63, 3.8) is 0 Å². The Balaban J connectivity index is 3.53. The maximum Gasteiger partial charge on any atom is -0.00746 e. The van der Waals surface area contributed by atoms with Crippen molar-refractivity contribution < 1.29 is 0 Å². The lowest BCUT2D eigenvalue weighted by Gasteiger charge is -2.18. The fraction of sp³-hybridized carbons (Fsp3) is 1.00. The second kappa shape index (κ2) is 8.55. The number of rotatable bonds is 8. The second-order valence-electron chi connectivity index (χ2n) is 4.33. The third-order valence-electron chi connectivity index (χ3n) is 2.94. The normalized spacial score (nSPS) is 15.7. The van der Waals surface area contributed by atoms with Crippen LogP contribution in [-0.2, 0) is 0 Å². The highest BCUT2D eigenvalue weighted by atomic mass is 14.5. The van der Waals surface area contributed by atoms with Crippen molar-refractivity contribution in [2.45, 2.75) is 59.3 Å². The summed E-state index contributed by atoms with van der Waals surface area (Å²) in [7, 11) is 0. The molecule has 2 N–H and O–H groups in total. The molecule has 13 heavy (non-hydrogen) atoms. The number of hydrogen-bond donors (Lipinski definition) is 1. The average Bonchev–Trinajstić information content (AvgIpc) is 2.14. The minimum Gasteiger partial charge on any atom is -0.330 e. The minimum absolute atomic E-state index is 0.860. The van der Waals surface area contributed by atoms with Crippen molar-refractivity contribution in [3.8, 4) is 0 Å². The zero-order chi connectivity index (χ0) is 10.1. The molecule has 0 fully saturated rings. The van der Waals surface area contributed by atoms with E-state index in [-0.39, 0.29) is 0 Å². The summed E-state index contributed by atoms with van der Waals surface area (Å²) in [6, 6.07) is 0. The van der Waals surface area contributed by atoms with E-state index in [1.165, 1.54) is 38.5 Å². The summed E-state index contributed by atoms with van der Waals surface area (Å²) in [5, 5.41) is 0. The van der Waals surface area contributed by atoms with Crippen LogP contribution in [0, 0.1) is 11.8 Å². The fourth-order valence-electron chi connectivity index (χ4n) is 1.96. The predicted octanol–water partition coefficient (Wildman–Crippen LogP) is 3.58. The van der Waals surface area contributed by atoms with E-state index < -0.39 is 0 Å². The predicted molar refractivity (Wildman–Crippen MR) is 60.8 cm³/mol. The van der Waals surface area contributed by atoms with Crippen molar-refractivity contribution in [2.75, 3.05) is 6.54 Å². The average molecular weight is 185 g/mol. The molecule has 2 atom stereocenters. The van der Waals surface area contributed by atoms with Gasteiger partial charge in [-0.3, -0.25) is 0 Å². The number of nitrogens with two attached hydrogens (primary N) is 1. The number of unbranched alkanes of at least 4 members (excludes halogenated alkanes) is 1. The SMILES string of the molecule is CCCCC(C)C[C@@H](CC)CCN. The summed E-state index contributed by atoms with van der Waals surface area (Å²) in [5.74, 6) is 1.77. The lowest BCUT2D eigenvalue weighted by atomic mass is 9.88. The second-order valence-corrected chi connectivity index (χ2v) is 4.33. The molecule has 0 aromatic rings. The van der Waals surface area contributed by atoms with E-state index in [4.69, 9.17) is 5.73 Å². The lowest BCUT2D eigenvalue weighted by molar-refractivity contribution is 0.345. The highest BCUT2D eigenvalue weighted by Crippen LogP contribution is 2.22. The molecule has 0 rings (SSSR count). The van der Waals surface area contributed by atoms with Gasteiger partial charge < -0.3 is 5.73 Å². The highest BCUT2D eigenvalue weighted by molar-refractivity contribution is 4.63. The standard InChI is InChI=1S/C12H27N/c1-4-6-7-11(3)10-12(5-2)8-9-13/h11-12H,4-10,13H2,1-3H3/t11?,12-/m0/s1. The van der Waals surface area contributed by atoms with Gasteiger partial charge in [0.1, 0.15) is 0 Å². The van der Waals surface area contributed by atoms with Gasteiger partial charge in [0.05, 0.1) is 0 Å². The molecule has 1 unspecified atom stereocenters. The molecule has 0 aromatic heterocycles. The molecule has 80 valence electrons. The van der Waals surface area contributed by atoms with Gasteiger partial charge in [-0.15, -0.1) is 0 Å². The Hall–Kier alpha value is -0.0400. The third kappa shape index (κ3) is 7.06. The summed E-state index contributed by atoms with van der Waals surface area (Å²) >= 11 is 0. The van der Waals surface area contributed by atoms with Crippen molar-refractivity contribution in [1.29, 1.82) is 0 Å². The van der Waals surface area contributed by atoms with Crippen LogP contribution in [0.5, 0.6) is 0 Å². The Morgan fingerprint density at radius 2 is 1.85 bits per heavy atom. The van der Waals surface area contributed by atoms with Crippen LogP contribution in [0.1, 0.15) is 59.3 Å². The first kappa shape index (κ1) is 13.0. The van der Waals surface area contributed by atoms with Crippen molar-refractivity contribution in [1.82, 2.24) is 0 Å². The molecule has 0 amide bonds. The maximum atomic E-state index is 5.58. The third-order valence-corrected chi connectivity index (χ3v) is 2.94. The van der Waals surface area contributed by atoms with Gasteiger partial charge in [0, 0.05) is 0 Å². The Kier molecular flexibility index (Phi) is 8.53. The fourth-order valence-corrected chi connectivity index (χ4v) is 1.96. The molecule has 0 saturated carbocycles. The van der Waals surface area contributed by atoms with Gasteiger partial charge in [0.15, 0.2) is 0 Å². The van der Waals surface area contributed by atoms with Crippen molar-refractivity contribution >= 4 is 0 Å². The molecular formula is C12H27N. The van der Waals surface area contributed by atoms with Gasteiger partial charge in [-0.05, 0) is 31.2 Å². The Labute approximate surface area is 84.1 Å². The first-order chi connectivity index (χ1) is 6.24. The van der Waals surface area contributed by atoms with Gasteiger partial charge in [-0.25, -0.2) is 0 Å². The van der Waals surface area contributed by atoms with Crippen molar-refractivity contribution in [2.24, 2.45) is 17.6 Å². The molecule has 1 nitrogen and oxygen atoms in total. The topological polar surface area (TPSA) is 26.0 Å². The van der Waals surface area contributed by atoms with E-state index in [9.17, 15) is 0 Å². The van der Waals surface area contributed by atoms with Crippen LogP contribution in [-0.4, -0.2) is 6.54 Å². The molecule has 0 radical (unpaired) electrons. The van der Waals surface area contributed by atoms with Gasteiger partial charge >= 0.3 is 0 Å². The first-order valence-corrected chi connectivity index (χ1v) is 5.94. The van der Waals surface area contributed by atoms with Crippen LogP contribution >= 0.6 is 0 Å². The molecule has 0 heterocycles. The summed E-state index contributed by atoms with van der Waals surface area (Å²) in [4.78, 5) is 0. The van der Waals surface area contributed by atoms with E-state index in [1.807, 2.05) is 0 Å². The van der Waals surface area contributed by atoms with Crippen LogP contribution in [0.25, 0.3) is 0 Å². The summed E-state index contributed by atoms with van der Waals surface area (Å²) < 4.78 is 0. The zero-order valence-corrected chi connectivity index (χ0v) is 9.68. The number of hydrogen-bond acceptors (Lipinski definition) is 1. The van der Waals surface area contributed by atoms with Crippen LogP contribution in [0.15, 0.2) is 0 Å². The Bertz CT molecular complexity index is 101. The van der Waals surface area contributed by atoms with Gasteiger partial charge in [0.25, 0.3) is 0 Å². The molecule has 0 spiro atoms. The van der Waals surface area contributed by atoms with Crippen LogP contribution in [0.4, 0.5) is 0 Å². The minimum atomic E-state index is 0.860. The van der Waals surface area contributed by atoms with Crippen LogP contribution in [0.3, 0.4) is 0 Å². The maximum absolute atomic E-state index is 5.58. The van der Waals surface area contributed by atoms with E-state index >= 15 is 0 Å². The Morgan fingerprint density at radius 3 is 2.31 bits per heavy atom.